The van der Waals surface area contributed by atoms with Gasteiger partial charge in [-0.25, -0.2) is 19.6 Å². The zero-order valence-corrected chi connectivity index (χ0v) is 15.2. The van der Waals surface area contributed by atoms with E-state index in [-0.39, 0.29) is 18.5 Å². The lowest BCUT2D eigenvalue weighted by atomic mass is 10.2. The van der Waals surface area contributed by atoms with Gasteiger partial charge < -0.3 is 10.3 Å². The highest BCUT2D eigenvalue weighted by molar-refractivity contribution is 5.90. The molecule has 10 heteroatoms. The highest BCUT2D eigenvalue weighted by atomic mass is 16.2. The smallest absolute Gasteiger partial charge is 0.247 e. The van der Waals surface area contributed by atoms with E-state index in [1.54, 1.807) is 28.1 Å². The van der Waals surface area contributed by atoms with Crippen molar-refractivity contribution in [3.05, 3.63) is 36.8 Å². The molecular formula is C17H19N9O. The van der Waals surface area contributed by atoms with Crippen LogP contribution in [0, 0.1) is 6.92 Å². The van der Waals surface area contributed by atoms with Gasteiger partial charge >= 0.3 is 0 Å². The normalized spacial score (nSPS) is 11.4. The van der Waals surface area contributed by atoms with Crippen LogP contribution in [0.4, 0.5) is 5.82 Å². The minimum absolute atomic E-state index is 0.0829. The SMILES string of the molecule is Cc1cc(NC(=O)Cn2cc(-c3ncnc4nc[nH]c34)cn2)n(C(C)C)n1. The summed E-state index contributed by atoms with van der Waals surface area (Å²) in [5.74, 6) is 0.496. The quantitative estimate of drug-likeness (QED) is 0.558. The van der Waals surface area contributed by atoms with Crippen LogP contribution in [0.3, 0.4) is 0 Å². The molecule has 0 bridgehead atoms. The van der Waals surface area contributed by atoms with Gasteiger partial charge in [0.1, 0.15) is 29.9 Å². The number of H-pyrrole nitrogens is 1. The summed E-state index contributed by atoms with van der Waals surface area (Å²) >= 11 is 0. The number of carbonyl (C=O) groups is 1. The van der Waals surface area contributed by atoms with Crippen LogP contribution in [0.5, 0.6) is 0 Å². The van der Waals surface area contributed by atoms with Crippen LogP contribution in [-0.2, 0) is 11.3 Å². The molecule has 4 heterocycles. The average molecular weight is 365 g/mol. The van der Waals surface area contributed by atoms with Gasteiger partial charge in [-0.1, -0.05) is 0 Å². The fourth-order valence-corrected chi connectivity index (χ4v) is 2.89. The molecule has 0 aliphatic rings. The lowest BCUT2D eigenvalue weighted by Gasteiger charge is -2.11. The summed E-state index contributed by atoms with van der Waals surface area (Å²) in [6.07, 6.45) is 6.46. The van der Waals surface area contributed by atoms with Crippen LogP contribution in [-0.4, -0.2) is 45.4 Å². The molecule has 0 unspecified atom stereocenters. The molecule has 1 amide bonds. The van der Waals surface area contributed by atoms with Crippen molar-refractivity contribution in [2.75, 3.05) is 5.32 Å². The maximum atomic E-state index is 12.4. The summed E-state index contributed by atoms with van der Waals surface area (Å²) in [6, 6.07) is 2.00. The summed E-state index contributed by atoms with van der Waals surface area (Å²) in [4.78, 5) is 28.0. The second-order valence-corrected chi connectivity index (χ2v) is 6.51. The Balaban J connectivity index is 1.51. The van der Waals surface area contributed by atoms with Crippen LogP contribution in [0.1, 0.15) is 25.6 Å². The van der Waals surface area contributed by atoms with E-state index >= 15 is 0 Å². The molecular weight excluding hydrogens is 346 g/mol. The Morgan fingerprint density at radius 2 is 2.15 bits per heavy atom. The Hall–Kier alpha value is -3.56. The van der Waals surface area contributed by atoms with Crippen LogP contribution < -0.4 is 5.32 Å². The molecule has 0 atom stereocenters. The highest BCUT2D eigenvalue weighted by Crippen LogP contribution is 2.22. The van der Waals surface area contributed by atoms with E-state index in [0.717, 1.165) is 16.8 Å². The molecule has 0 aliphatic carbocycles. The summed E-state index contributed by atoms with van der Waals surface area (Å²) in [5, 5.41) is 11.6. The van der Waals surface area contributed by atoms with Gasteiger partial charge in [0.15, 0.2) is 5.65 Å². The fraction of sp³-hybridized carbons (Fsp3) is 0.294. The largest absolute Gasteiger partial charge is 0.341 e. The molecule has 0 aliphatic heterocycles. The number of aryl methyl sites for hydroxylation is 1. The summed E-state index contributed by atoms with van der Waals surface area (Å²) < 4.78 is 3.36. The average Bonchev–Trinajstić information content (AvgIpc) is 3.34. The van der Waals surface area contributed by atoms with Crippen LogP contribution in [0.25, 0.3) is 22.4 Å². The number of nitrogens with zero attached hydrogens (tertiary/aromatic N) is 7. The van der Waals surface area contributed by atoms with Crippen molar-refractivity contribution < 1.29 is 4.79 Å². The van der Waals surface area contributed by atoms with E-state index in [1.807, 2.05) is 26.8 Å². The fourth-order valence-electron chi connectivity index (χ4n) is 2.89. The number of hydrogen-bond donors (Lipinski definition) is 2. The molecule has 4 rings (SSSR count). The third-order valence-corrected chi connectivity index (χ3v) is 4.05. The number of carbonyl (C=O) groups excluding carboxylic acids is 1. The summed E-state index contributed by atoms with van der Waals surface area (Å²) in [7, 11) is 0. The molecule has 0 saturated heterocycles. The van der Waals surface area contributed by atoms with Gasteiger partial charge in [0.25, 0.3) is 0 Å². The zero-order valence-electron chi connectivity index (χ0n) is 15.2. The standard InChI is InChI=1S/C17H19N9O/c1-10(2)26-13(4-11(3)24-26)23-14(27)7-25-6-12(5-22-25)15-16-17(20-8-18-15)21-9-19-16/h4-6,8-10H,7H2,1-3H3,(H,23,27)(H,18,19,20,21). The molecule has 0 saturated carbocycles. The number of rotatable bonds is 5. The monoisotopic (exact) mass is 365 g/mol. The van der Waals surface area contributed by atoms with E-state index in [1.165, 1.54) is 6.33 Å². The number of hydrogen-bond acceptors (Lipinski definition) is 6. The first-order chi connectivity index (χ1) is 13.0. The second kappa shape index (κ2) is 6.63. The highest BCUT2D eigenvalue weighted by Gasteiger charge is 2.14. The molecule has 138 valence electrons. The van der Waals surface area contributed by atoms with Gasteiger partial charge in [-0.05, 0) is 20.8 Å². The third kappa shape index (κ3) is 3.28. The van der Waals surface area contributed by atoms with Crippen molar-refractivity contribution in [2.45, 2.75) is 33.4 Å². The predicted molar refractivity (Wildman–Crippen MR) is 98.9 cm³/mol. The lowest BCUT2D eigenvalue weighted by molar-refractivity contribution is -0.116. The van der Waals surface area contributed by atoms with Crippen molar-refractivity contribution >= 4 is 22.9 Å². The van der Waals surface area contributed by atoms with E-state index in [4.69, 9.17) is 0 Å². The lowest BCUT2D eigenvalue weighted by Crippen LogP contribution is -2.21. The summed E-state index contributed by atoms with van der Waals surface area (Å²) in [6.45, 7) is 6.01. The Kier molecular flexibility index (Phi) is 4.15. The number of amides is 1. The number of anilines is 1. The number of imidazole rings is 1. The van der Waals surface area contributed by atoms with Gasteiger partial charge in [-0.3, -0.25) is 9.48 Å². The Morgan fingerprint density at radius 1 is 1.30 bits per heavy atom. The van der Waals surface area contributed by atoms with Crippen molar-refractivity contribution in [1.82, 2.24) is 39.5 Å². The molecule has 0 radical (unpaired) electrons. The van der Waals surface area contributed by atoms with Crippen molar-refractivity contribution in [3.63, 3.8) is 0 Å². The van der Waals surface area contributed by atoms with Gasteiger partial charge in [0.2, 0.25) is 5.91 Å². The number of aromatic nitrogens is 8. The number of nitrogens with one attached hydrogen (secondary N) is 2. The van der Waals surface area contributed by atoms with Gasteiger partial charge in [0.05, 0.1) is 18.2 Å². The zero-order chi connectivity index (χ0) is 19.0. The Labute approximate surface area is 154 Å². The number of aromatic amines is 1. The second-order valence-electron chi connectivity index (χ2n) is 6.51. The van der Waals surface area contributed by atoms with E-state index in [2.05, 4.69) is 35.5 Å². The third-order valence-electron chi connectivity index (χ3n) is 4.05. The molecule has 0 spiro atoms. The molecule has 27 heavy (non-hydrogen) atoms. The predicted octanol–water partition coefficient (Wildman–Crippen LogP) is 1.94. The molecule has 2 N–H and O–H groups in total. The number of fused-ring (bicyclic) bond motifs is 1. The molecule has 0 fully saturated rings. The Morgan fingerprint density at radius 3 is 2.96 bits per heavy atom. The molecule has 0 aromatic carbocycles. The molecule has 10 nitrogen and oxygen atoms in total. The van der Waals surface area contributed by atoms with Crippen LogP contribution >= 0.6 is 0 Å². The van der Waals surface area contributed by atoms with Crippen molar-refractivity contribution in [2.24, 2.45) is 0 Å². The van der Waals surface area contributed by atoms with Crippen LogP contribution in [0.15, 0.2) is 31.1 Å². The van der Waals surface area contributed by atoms with Gasteiger partial charge in [-0.2, -0.15) is 10.2 Å². The van der Waals surface area contributed by atoms with E-state index in [9.17, 15) is 4.79 Å². The van der Waals surface area contributed by atoms with E-state index in [0.29, 0.717) is 17.2 Å². The minimum Gasteiger partial charge on any atom is -0.341 e. The first-order valence-electron chi connectivity index (χ1n) is 8.54. The molecule has 4 aromatic heterocycles. The van der Waals surface area contributed by atoms with E-state index < -0.39 is 0 Å². The maximum absolute atomic E-state index is 12.4. The van der Waals surface area contributed by atoms with Crippen molar-refractivity contribution in [3.8, 4) is 11.3 Å². The first-order valence-corrected chi connectivity index (χ1v) is 8.54. The topological polar surface area (TPSA) is 119 Å². The Bertz CT molecular complexity index is 1100. The van der Waals surface area contributed by atoms with Crippen molar-refractivity contribution in [1.29, 1.82) is 0 Å². The van der Waals surface area contributed by atoms with Crippen LogP contribution in [0.2, 0.25) is 0 Å². The minimum atomic E-state index is -0.180. The molecule has 4 aromatic rings. The summed E-state index contributed by atoms with van der Waals surface area (Å²) in [5.41, 5.74) is 3.65. The first kappa shape index (κ1) is 16.9. The maximum Gasteiger partial charge on any atom is 0.247 e. The van der Waals surface area contributed by atoms with Gasteiger partial charge in [-0.15, -0.1) is 0 Å². The van der Waals surface area contributed by atoms with Gasteiger partial charge in [0, 0.05) is 23.9 Å².